The van der Waals surface area contributed by atoms with E-state index in [2.05, 4.69) is 6.58 Å². The Morgan fingerprint density at radius 3 is 2.44 bits per heavy atom. The number of hydrogen-bond acceptors (Lipinski definition) is 3. The Morgan fingerprint density at radius 1 is 1.50 bits per heavy atom. The molecule has 1 rings (SSSR count). The Labute approximate surface area is 89.8 Å². The predicted molar refractivity (Wildman–Crippen MR) is 49.3 cm³/mol. The van der Waals surface area contributed by atoms with Gasteiger partial charge in [-0.1, -0.05) is 12.2 Å². The van der Waals surface area contributed by atoms with Crippen molar-refractivity contribution in [2.75, 3.05) is 0 Å². The first-order valence-electron chi connectivity index (χ1n) is 4.48. The molecule has 1 aliphatic rings. The van der Waals surface area contributed by atoms with Gasteiger partial charge in [-0.25, -0.2) is 13.6 Å². The fraction of sp³-hybridized carbons (Fsp3) is 0.556. The highest BCUT2D eigenvalue weighted by molar-refractivity contribution is 5.83. The normalized spacial score (nSPS) is 30.4. The molecule has 3 N–H and O–H groups in total. The number of alkyl halides is 2. The van der Waals surface area contributed by atoms with E-state index in [4.69, 9.17) is 10.2 Å². The van der Waals surface area contributed by atoms with Gasteiger partial charge in [-0.05, 0) is 6.42 Å². The zero-order chi connectivity index (χ0) is 12.5. The molecule has 2 unspecified atom stereocenters. The van der Waals surface area contributed by atoms with E-state index in [9.17, 15) is 18.4 Å². The van der Waals surface area contributed by atoms with Crippen molar-refractivity contribution in [2.45, 2.75) is 30.8 Å². The van der Waals surface area contributed by atoms with Crippen molar-refractivity contribution in [2.24, 2.45) is 0 Å². The molecule has 1 aliphatic heterocycles. The molecular formula is C9H11F2NO4. The largest absolute Gasteiger partial charge is 0.480 e. The first kappa shape index (κ1) is 12.6. The molecule has 5 nitrogen and oxygen atoms in total. The topological polar surface area (TPSA) is 86.6 Å². The number of aliphatic carboxylic acids is 2. The van der Waals surface area contributed by atoms with E-state index in [1.54, 1.807) is 0 Å². The van der Waals surface area contributed by atoms with Crippen molar-refractivity contribution >= 4 is 11.9 Å². The number of carbonyl (C=O) groups is 2. The van der Waals surface area contributed by atoms with E-state index in [0.29, 0.717) is 0 Å². The summed E-state index contributed by atoms with van der Waals surface area (Å²) in [6.07, 6.45) is -3.72. The summed E-state index contributed by atoms with van der Waals surface area (Å²) < 4.78 is 25.5. The van der Waals surface area contributed by atoms with E-state index in [0.717, 1.165) is 0 Å². The molecule has 0 aliphatic carbocycles. The molecule has 0 radical (unpaired) electrons. The third-order valence-electron chi connectivity index (χ3n) is 2.51. The summed E-state index contributed by atoms with van der Waals surface area (Å²) in [7, 11) is 0. The number of nitrogens with one attached hydrogen (secondary N) is 1. The molecule has 0 aromatic carbocycles. The molecule has 1 fully saturated rings. The first-order chi connectivity index (χ1) is 7.29. The van der Waals surface area contributed by atoms with Crippen molar-refractivity contribution in [3.05, 3.63) is 12.2 Å². The van der Waals surface area contributed by atoms with Crippen LogP contribution in [0.15, 0.2) is 12.2 Å². The van der Waals surface area contributed by atoms with Gasteiger partial charge in [0, 0.05) is 6.42 Å². The molecule has 0 bridgehead atoms. The van der Waals surface area contributed by atoms with Crippen molar-refractivity contribution in [3.8, 4) is 0 Å². The molecule has 0 aromatic heterocycles. The molecule has 0 amide bonds. The van der Waals surface area contributed by atoms with E-state index >= 15 is 0 Å². The molecular weight excluding hydrogens is 224 g/mol. The number of hydrogen-bond donors (Lipinski definition) is 3. The summed E-state index contributed by atoms with van der Waals surface area (Å²) in [5.74, 6) is -3.14. The SMILES string of the molecule is C=C1CC(C(=O)O)NC(C(=O)O)(C(F)F)C1. The summed E-state index contributed by atoms with van der Waals surface area (Å²) in [6.45, 7) is 3.41. The van der Waals surface area contributed by atoms with Crippen LogP contribution in [0.25, 0.3) is 0 Å². The smallest absolute Gasteiger partial charge is 0.330 e. The van der Waals surface area contributed by atoms with Crippen molar-refractivity contribution in [1.29, 1.82) is 0 Å². The highest BCUT2D eigenvalue weighted by Gasteiger charge is 2.52. The minimum absolute atomic E-state index is 0.0446. The van der Waals surface area contributed by atoms with Gasteiger partial charge >= 0.3 is 11.9 Å². The minimum atomic E-state index is -3.20. The average Bonchev–Trinajstić information content (AvgIpc) is 2.15. The maximum atomic E-state index is 12.8. The van der Waals surface area contributed by atoms with Crippen LogP contribution in [0.5, 0.6) is 0 Å². The second-order valence-electron chi connectivity index (χ2n) is 3.74. The standard InChI is InChI=1S/C9H11F2NO4/c1-4-2-5(6(13)14)12-9(3-4,7(10)11)8(15)16/h5,7,12H,1-3H2,(H,13,14)(H,15,16). The fourth-order valence-electron chi connectivity index (χ4n) is 1.69. The zero-order valence-electron chi connectivity index (χ0n) is 8.24. The Morgan fingerprint density at radius 2 is 2.06 bits per heavy atom. The van der Waals surface area contributed by atoms with E-state index in [1.165, 1.54) is 0 Å². The van der Waals surface area contributed by atoms with Gasteiger partial charge in [0.1, 0.15) is 6.04 Å². The Kier molecular flexibility index (Phi) is 3.27. The highest BCUT2D eigenvalue weighted by atomic mass is 19.3. The van der Waals surface area contributed by atoms with Gasteiger partial charge in [0.25, 0.3) is 6.43 Å². The van der Waals surface area contributed by atoms with Crippen LogP contribution in [0.1, 0.15) is 12.8 Å². The van der Waals surface area contributed by atoms with Crippen LogP contribution in [0.4, 0.5) is 8.78 Å². The molecule has 1 heterocycles. The third-order valence-corrected chi connectivity index (χ3v) is 2.51. The number of carboxylic acids is 2. The number of piperidine rings is 1. The maximum Gasteiger partial charge on any atom is 0.330 e. The summed E-state index contributed by atoms with van der Waals surface area (Å²) in [5.41, 5.74) is -2.35. The lowest BCUT2D eigenvalue weighted by Crippen LogP contribution is -2.65. The number of carboxylic acid groups (broad SMARTS) is 2. The van der Waals surface area contributed by atoms with Gasteiger partial charge in [0.2, 0.25) is 0 Å². The van der Waals surface area contributed by atoms with Crippen molar-refractivity contribution in [3.63, 3.8) is 0 Å². The van der Waals surface area contributed by atoms with Crippen LogP contribution >= 0.6 is 0 Å². The lowest BCUT2D eigenvalue weighted by atomic mass is 9.83. The second-order valence-corrected chi connectivity index (χ2v) is 3.74. The van der Waals surface area contributed by atoms with E-state index < -0.39 is 36.4 Å². The van der Waals surface area contributed by atoms with Gasteiger partial charge in [0.05, 0.1) is 0 Å². The van der Waals surface area contributed by atoms with Crippen molar-refractivity contribution in [1.82, 2.24) is 5.32 Å². The quantitative estimate of drug-likeness (QED) is 0.619. The van der Waals surface area contributed by atoms with Crippen LogP contribution in [-0.2, 0) is 9.59 Å². The van der Waals surface area contributed by atoms with Crippen LogP contribution in [0.3, 0.4) is 0 Å². The van der Waals surface area contributed by atoms with Crippen LogP contribution in [-0.4, -0.2) is 40.2 Å². The summed E-state index contributed by atoms with van der Waals surface area (Å²) in [6, 6.07) is -1.34. The molecule has 90 valence electrons. The lowest BCUT2D eigenvalue weighted by Gasteiger charge is -2.37. The monoisotopic (exact) mass is 235 g/mol. The number of halogens is 2. The molecule has 1 saturated heterocycles. The third kappa shape index (κ3) is 2.04. The van der Waals surface area contributed by atoms with Gasteiger partial charge < -0.3 is 10.2 Å². The van der Waals surface area contributed by atoms with Gasteiger partial charge in [0.15, 0.2) is 5.54 Å². The molecule has 7 heteroatoms. The maximum absolute atomic E-state index is 12.8. The van der Waals surface area contributed by atoms with Gasteiger partial charge in [-0.3, -0.25) is 10.1 Å². The summed E-state index contributed by atoms with van der Waals surface area (Å²) in [4.78, 5) is 21.5. The minimum Gasteiger partial charge on any atom is -0.480 e. The molecule has 16 heavy (non-hydrogen) atoms. The second kappa shape index (κ2) is 4.17. The summed E-state index contributed by atoms with van der Waals surface area (Å²) >= 11 is 0. The Bertz CT molecular complexity index is 344. The first-order valence-corrected chi connectivity index (χ1v) is 4.48. The molecule has 2 atom stereocenters. The van der Waals surface area contributed by atoms with Crippen molar-refractivity contribution < 1.29 is 28.6 Å². The zero-order valence-corrected chi connectivity index (χ0v) is 8.24. The van der Waals surface area contributed by atoms with Crippen LogP contribution in [0, 0.1) is 0 Å². The highest BCUT2D eigenvalue weighted by Crippen LogP contribution is 2.31. The van der Waals surface area contributed by atoms with Gasteiger partial charge in [-0.15, -0.1) is 0 Å². The lowest BCUT2D eigenvalue weighted by molar-refractivity contribution is -0.156. The average molecular weight is 235 g/mol. The fourth-order valence-corrected chi connectivity index (χ4v) is 1.69. The molecule has 0 saturated carbocycles. The Hall–Kier alpha value is -1.50. The van der Waals surface area contributed by atoms with Crippen LogP contribution < -0.4 is 5.32 Å². The van der Waals surface area contributed by atoms with Gasteiger partial charge in [-0.2, -0.15) is 0 Å². The van der Waals surface area contributed by atoms with Crippen LogP contribution in [0.2, 0.25) is 0 Å². The van der Waals surface area contributed by atoms with E-state index in [1.807, 2.05) is 5.32 Å². The Balaban J connectivity index is 3.05. The molecule has 0 aromatic rings. The molecule has 0 spiro atoms. The van der Waals surface area contributed by atoms with E-state index in [-0.39, 0.29) is 12.0 Å². The number of rotatable bonds is 3. The predicted octanol–water partition coefficient (Wildman–Crippen LogP) is 0.468. The summed E-state index contributed by atoms with van der Waals surface area (Å²) in [5, 5.41) is 19.5.